The van der Waals surface area contributed by atoms with Crippen molar-refractivity contribution >= 4 is 27.5 Å². The molecule has 1 N–H and O–H groups in total. The number of hydrogen-bond donors (Lipinski definition) is 1. The number of nitrogens with one attached hydrogen (secondary N) is 1. The lowest BCUT2D eigenvalue weighted by Gasteiger charge is -2.10. The normalized spacial score (nSPS) is 13.4. The third kappa shape index (κ3) is 3.81. The Balaban J connectivity index is 1.56. The third-order valence-corrected chi connectivity index (χ3v) is 6.53. The molecule has 2 aromatic carbocycles. The van der Waals surface area contributed by atoms with Gasteiger partial charge in [0.1, 0.15) is 5.75 Å². The third-order valence-electron chi connectivity index (χ3n) is 4.16. The van der Waals surface area contributed by atoms with Gasteiger partial charge in [0, 0.05) is 29.7 Å². The highest BCUT2D eigenvalue weighted by Gasteiger charge is 2.17. The molecule has 0 amide bonds. The van der Waals surface area contributed by atoms with E-state index in [0.29, 0.717) is 18.0 Å². The minimum atomic E-state index is -3.68. The molecule has 0 bridgehead atoms. The summed E-state index contributed by atoms with van der Waals surface area (Å²) >= 11 is 1.73. The van der Waals surface area contributed by atoms with E-state index in [1.165, 1.54) is 12.1 Å². The van der Waals surface area contributed by atoms with Crippen molar-refractivity contribution in [1.29, 1.82) is 0 Å². The maximum absolute atomic E-state index is 12.7. The largest absolute Gasteiger partial charge is 0.494 e. The fraction of sp³-hybridized carbons (Fsp3) is 0.211. The second-order valence-electron chi connectivity index (χ2n) is 6.04. The molecule has 1 aromatic heterocycles. The lowest BCUT2D eigenvalue weighted by Crippen LogP contribution is -2.12. The average molecular weight is 402 g/mol. The Morgan fingerprint density at radius 2 is 2.04 bits per heavy atom. The van der Waals surface area contributed by atoms with Crippen molar-refractivity contribution in [2.75, 3.05) is 17.1 Å². The Hall–Kier alpha value is -2.45. The zero-order chi connectivity index (χ0) is 18.9. The lowest BCUT2D eigenvalue weighted by molar-refractivity contribution is 0.340. The Morgan fingerprint density at radius 1 is 1.22 bits per heavy atom. The van der Waals surface area contributed by atoms with E-state index in [9.17, 15) is 8.42 Å². The molecule has 6 nitrogen and oxygen atoms in total. The summed E-state index contributed by atoms with van der Waals surface area (Å²) in [6.07, 6.45) is 2.01. The molecule has 1 aliphatic heterocycles. The summed E-state index contributed by atoms with van der Waals surface area (Å²) in [6, 6.07) is 13.7. The van der Waals surface area contributed by atoms with E-state index in [4.69, 9.17) is 4.74 Å². The van der Waals surface area contributed by atoms with Gasteiger partial charge in [0.15, 0.2) is 5.16 Å². The maximum atomic E-state index is 12.7. The number of aryl methyl sites for hydroxylation is 1. The highest BCUT2D eigenvalue weighted by Crippen LogP contribution is 2.30. The van der Waals surface area contributed by atoms with Crippen LogP contribution in [0.3, 0.4) is 0 Å². The molecule has 0 fully saturated rings. The molecular formula is C19H19N3O3S2. The van der Waals surface area contributed by atoms with Gasteiger partial charge in [0.2, 0.25) is 0 Å². The number of anilines is 1. The fourth-order valence-corrected chi connectivity index (χ4v) is 4.88. The van der Waals surface area contributed by atoms with Crippen molar-refractivity contribution in [1.82, 2.24) is 9.55 Å². The molecule has 140 valence electrons. The molecule has 1 aliphatic rings. The Kier molecular flexibility index (Phi) is 4.84. The van der Waals surface area contributed by atoms with Crippen LogP contribution in [0.25, 0.3) is 11.3 Å². The second kappa shape index (κ2) is 7.28. The monoisotopic (exact) mass is 401 g/mol. The zero-order valence-electron chi connectivity index (χ0n) is 14.8. The van der Waals surface area contributed by atoms with Gasteiger partial charge >= 0.3 is 0 Å². The number of benzene rings is 2. The fourth-order valence-electron chi connectivity index (χ4n) is 2.89. The van der Waals surface area contributed by atoms with Crippen LogP contribution in [-0.2, 0) is 16.6 Å². The van der Waals surface area contributed by atoms with Crippen molar-refractivity contribution < 1.29 is 13.2 Å². The Bertz CT molecular complexity index is 1040. The molecular weight excluding hydrogens is 382 g/mol. The zero-order valence-corrected chi connectivity index (χ0v) is 16.4. The second-order valence-corrected chi connectivity index (χ2v) is 8.79. The van der Waals surface area contributed by atoms with Crippen molar-refractivity contribution in [2.45, 2.75) is 23.5 Å². The van der Waals surface area contributed by atoms with Gasteiger partial charge in [0.25, 0.3) is 10.0 Å². The van der Waals surface area contributed by atoms with Gasteiger partial charge in [-0.3, -0.25) is 4.72 Å². The van der Waals surface area contributed by atoms with Gasteiger partial charge in [-0.25, -0.2) is 13.4 Å². The molecule has 0 unspecified atom stereocenters. The first kappa shape index (κ1) is 17.9. The predicted molar refractivity (Wildman–Crippen MR) is 107 cm³/mol. The van der Waals surface area contributed by atoms with Gasteiger partial charge in [-0.15, -0.1) is 0 Å². The quantitative estimate of drug-likeness (QED) is 0.679. The number of hydrogen-bond acceptors (Lipinski definition) is 5. The number of nitrogens with zero attached hydrogens (tertiary/aromatic N) is 2. The standard InChI is InChI=1S/C19H19N3O3S2/c1-2-25-16-6-8-17(9-7-16)27(23,24)21-15-5-3-4-14(12-15)18-13-22-10-11-26-19(22)20-18/h3-9,12-13,21H,2,10-11H2,1H3. The number of thioether (sulfide) groups is 1. The number of rotatable bonds is 6. The summed E-state index contributed by atoms with van der Waals surface area (Å²) in [5.41, 5.74) is 2.23. The number of aromatic nitrogens is 2. The van der Waals surface area contributed by atoms with E-state index in [0.717, 1.165) is 28.7 Å². The minimum absolute atomic E-state index is 0.189. The van der Waals surface area contributed by atoms with E-state index in [2.05, 4.69) is 14.3 Å². The van der Waals surface area contributed by atoms with Crippen LogP contribution in [0.2, 0.25) is 0 Å². The topological polar surface area (TPSA) is 73.2 Å². The number of fused-ring (bicyclic) bond motifs is 1. The van der Waals surface area contributed by atoms with Crippen molar-refractivity contribution in [3.63, 3.8) is 0 Å². The first-order valence-electron chi connectivity index (χ1n) is 8.61. The minimum Gasteiger partial charge on any atom is -0.494 e. The van der Waals surface area contributed by atoms with Crippen LogP contribution in [0.15, 0.2) is 64.8 Å². The van der Waals surface area contributed by atoms with Crippen molar-refractivity contribution in [3.8, 4) is 17.0 Å². The van der Waals surface area contributed by atoms with Crippen molar-refractivity contribution in [3.05, 3.63) is 54.7 Å². The summed E-state index contributed by atoms with van der Waals surface area (Å²) < 4.78 is 35.4. The molecule has 0 saturated heterocycles. The summed E-state index contributed by atoms with van der Waals surface area (Å²) in [7, 11) is -3.68. The van der Waals surface area contributed by atoms with E-state index < -0.39 is 10.0 Å². The van der Waals surface area contributed by atoms with Crippen LogP contribution in [0.5, 0.6) is 5.75 Å². The van der Waals surface area contributed by atoms with Gasteiger partial charge < -0.3 is 9.30 Å². The molecule has 27 heavy (non-hydrogen) atoms. The Morgan fingerprint density at radius 3 is 2.78 bits per heavy atom. The summed E-state index contributed by atoms with van der Waals surface area (Å²) in [5.74, 6) is 1.69. The van der Waals surface area contributed by atoms with Gasteiger partial charge in [-0.05, 0) is 43.3 Å². The number of ether oxygens (including phenoxy) is 1. The number of sulfonamides is 1. The first-order valence-corrected chi connectivity index (χ1v) is 11.1. The highest BCUT2D eigenvalue weighted by molar-refractivity contribution is 7.99. The van der Waals surface area contributed by atoms with E-state index in [-0.39, 0.29) is 4.90 Å². The van der Waals surface area contributed by atoms with Crippen LogP contribution in [0, 0.1) is 0 Å². The van der Waals surface area contributed by atoms with E-state index in [1.54, 1.807) is 36.0 Å². The molecule has 0 saturated carbocycles. The summed E-state index contributed by atoms with van der Waals surface area (Å²) in [6.45, 7) is 3.37. The van der Waals surface area contributed by atoms with Crippen LogP contribution in [0.4, 0.5) is 5.69 Å². The van der Waals surface area contributed by atoms with Crippen LogP contribution < -0.4 is 9.46 Å². The highest BCUT2D eigenvalue weighted by atomic mass is 32.2. The van der Waals surface area contributed by atoms with E-state index >= 15 is 0 Å². The molecule has 0 atom stereocenters. The molecule has 4 rings (SSSR count). The van der Waals surface area contributed by atoms with Crippen molar-refractivity contribution in [2.24, 2.45) is 0 Å². The summed E-state index contributed by atoms with van der Waals surface area (Å²) in [5, 5.41) is 1.00. The predicted octanol–water partition coefficient (Wildman–Crippen LogP) is 3.86. The maximum Gasteiger partial charge on any atom is 0.261 e. The van der Waals surface area contributed by atoms with Crippen LogP contribution >= 0.6 is 11.8 Å². The SMILES string of the molecule is CCOc1ccc(S(=O)(=O)Nc2cccc(-c3cn4c(n3)SCC4)c2)cc1. The Labute approximate surface area is 162 Å². The average Bonchev–Trinajstić information content (AvgIpc) is 3.24. The van der Waals surface area contributed by atoms with Gasteiger partial charge in [-0.2, -0.15) is 0 Å². The molecule has 0 aliphatic carbocycles. The molecule has 8 heteroatoms. The lowest BCUT2D eigenvalue weighted by atomic mass is 10.1. The molecule has 0 radical (unpaired) electrons. The number of imidazole rings is 1. The summed E-state index contributed by atoms with van der Waals surface area (Å²) in [4.78, 5) is 4.81. The van der Waals surface area contributed by atoms with Crippen LogP contribution in [0.1, 0.15) is 6.92 Å². The van der Waals surface area contributed by atoms with Gasteiger partial charge in [-0.1, -0.05) is 23.9 Å². The van der Waals surface area contributed by atoms with Gasteiger partial charge in [0.05, 0.1) is 17.2 Å². The molecule has 2 heterocycles. The van der Waals surface area contributed by atoms with E-state index in [1.807, 2.05) is 25.3 Å². The first-order chi connectivity index (χ1) is 13.0. The molecule has 3 aromatic rings. The van der Waals surface area contributed by atoms with Crippen LogP contribution in [-0.4, -0.2) is 30.3 Å². The smallest absolute Gasteiger partial charge is 0.261 e. The molecule has 0 spiro atoms.